The van der Waals surface area contributed by atoms with Gasteiger partial charge in [0.1, 0.15) is 0 Å². The van der Waals surface area contributed by atoms with E-state index >= 15 is 0 Å². The second-order valence-corrected chi connectivity index (χ2v) is 11.0. The molecule has 4 rings (SSSR count). The van der Waals surface area contributed by atoms with Crippen molar-refractivity contribution in [3.8, 4) is 0 Å². The number of rotatable bonds is 6. The highest BCUT2D eigenvalue weighted by Crippen LogP contribution is 2.27. The van der Waals surface area contributed by atoms with Gasteiger partial charge in [0.25, 0.3) is 5.91 Å². The summed E-state index contributed by atoms with van der Waals surface area (Å²) < 4.78 is 0. The van der Waals surface area contributed by atoms with Crippen LogP contribution in [-0.4, -0.2) is 42.9 Å². The number of fused-ring (bicyclic) bond motifs is 1. The van der Waals surface area contributed by atoms with E-state index in [9.17, 15) is 9.59 Å². The average molecular weight is 472 g/mol. The van der Waals surface area contributed by atoms with Gasteiger partial charge in [0.2, 0.25) is 5.91 Å². The molecule has 1 aliphatic rings. The zero-order chi connectivity index (χ0) is 25.0. The largest absolute Gasteiger partial charge is 0.368 e. The van der Waals surface area contributed by atoms with Gasteiger partial charge in [0, 0.05) is 49.5 Å². The Bertz CT molecular complexity index is 1170. The molecule has 1 fully saturated rings. The summed E-state index contributed by atoms with van der Waals surface area (Å²) in [5, 5.41) is 5.27. The number of nitrogens with one attached hydrogen (secondary N) is 1. The quantitative estimate of drug-likeness (QED) is 0.465. The lowest BCUT2D eigenvalue weighted by molar-refractivity contribution is -0.117. The smallest absolute Gasteiger partial charge is 0.253 e. The lowest BCUT2D eigenvalue weighted by Crippen LogP contribution is -2.48. The number of nitrogens with zero attached hydrogens (tertiary/aromatic N) is 2. The molecule has 0 bridgehead atoms. The van der Waals surface area contributed by atoms with Crippen molar-refractivity contribution in [3.05, 3.63) is 72.3 Å². The summed E-state index contributed by atoms with van der Waals surface area (Å²) in [5.74, 6) is 0.507. The van der Waals surface area contributed by atoms with Gasteiger partial charge in [-0.15, -0.1) is 0 Å². The van der Waals surface area contributed by atoms with Crippen molar-refractivity contribution < 1.29 is 9.59 Å². The number of amides is 2. The first-order valence-corrected chi connectivity index (χ1v) is 12.6. The van der Waals surface area contributed by atoms with Gasteiger partial charge in [-0.3, -0.25) is 9.59 Å². The molecule has 1 aliphatic heterocycles. The fourth-order valence-electron chi connectivity index (χ4n) is 5.07. The van der Waals surface area contributed by atoms with Crippen molar-refractivity contribution in [1.82, 2.24) is 4.90 Å². The molecule has 184 valence electrons. The van der Waals surface area contributed by atoms with Crippen molar-refractivity contribution in [2.75, 3.05) is 36.4 Å². The van der Waals surface area contributed by atoms with E-state index in [-0.39, 0.29) is 17.2 Å². The van der Waals surface area contributed by atoms with E-state index in [1.165, 1.54) is 0 Å². The Morgan fingerprint density at radius 2 is 1.54 bits per heavy atom. The summed E-state index contributed by atoms with van der Waals surface area (Å²) >= 11 is 0. The van der Waals surface area contributed by atoms with Gasteiger partial charge in [0.15, 0.2) is 0 Å². The summed E-state index contributed by atoms with van der Waals surface area (Å²) in [6.45, 7) is 11.7. The van der Waals surface area contributed by atoms with E-state index in [1.54, 1.807) is 0 Å². The van der Waals surface area contributed by atoms with Crippen molar-refractivity contribution in [2.24, 2.45) is 11.3 Å². The molecule has 1 N–H and O–H groups in total. The van der Waals surface area contributed by atoms with Crippen molar-refractivity contribution in [1.29, 1.82) is 0 Å². The molecule has 0 aliphatic carbocycles. The normalized spacial score (nSPS) is 15.2. The van der Waals surface area contributed by atoms with Gasteiger partial charge >= 0.3 is 0 Å². The minimum atomic E-state index is 0.0651. The van der Waals surface area contributed by atoms with Gasteiger partial charge in [-0.1, -0.05) is 58.0 Å². The third kappa shape index (κ3) is 6.62. The second kappa shape index (κ2) is 10.5. The second-order valence-electron chi connectivity index (χ2n) is 11.0. The first-order valence-electron chi connectivity index (χ1n) is 12.6. The molecule has 35 heavy (non-hydrogen) atoms. The van der Waals surface area contributed by atoms with Crippen LogP contribution >= 0.6 is 0 Å². The first-order chi connectivity index (χ1) is 16.7. The number of anilines is 2. The molecule has 0 saturated carbocycles. The van der Waals surface area contributed by atoms with Gasteiger partial charge < -0.3 is 15.1 Å². The van der Waals surface area contributed by atoms with E-state index < -0.39 is 0 Å². The molecule has 0 radical (unpaired) electrons. The van der Waals surface area contributed by atoms with E-state index in [4.69, 9.17) is 0 Å². The molecule has 1 saturated heterocycles. The van der Waals surface area contributed by atoms with Crippen LogP contribution in [0.3, 0.4) is 0 Å². The maximum absolute atomic E-state index is 13.1. The molecular formula is C30H37N3O2. The van der Waals surface area contributed by atoms with Crippen LogP contribution in [0.4, 0.5) is 11.4 Å². The first kappa shape index (κ1) is 24.8. The molecule has 1 atom stereocenters. The minimum Gasteiger partial charge on any atom is -0.368 e. The van der Waals surface area contributed by atoms with Crippen LogP contribution in [0.1, 0.15) is 50.9 Å². The molecule has 3 aromatic carbocycles. The SMILES string of the molecule is CC(CC(=O)Nc1ccc(N2CCN(C(=O)c3ccc4ccccc4c3)CC2)cc1)CC(C)(C)C. The zero-order valence-electron chi connectivity index (χ0n) is 21.4. The van der Waals surface area contributed by atoms with Crippen LogP contribution in [0.2, 0.25) is 0 Å². The lowest BCUT2D eigenvalue weighted by Gasteiger charge is -2.36. The lowest BCUT2D eigenvalue weighted by atomic mass is 9.84. The van der Waals surface area contributed by atoms with Gasteiger partial charge in [-0.2, -0.15) is 0 Å². The average Bonchev–Trinajstić information content (AvgIpc) is 2.82. The number of hydrogen-bond donors (Lipinski definition) is 1. The fourth-order valence-corrected chi connectivity index (χ4v) is 5.07. The van der Waals surface area contributed by atoms with Gasteiger partial charge in [0.05, 0.1) is 0 Å². The summed E-state index contributed by atoms with van der Waals surface area (Å²) in [5.41, 5.74) is 2.91. The Morgan fingerprint density at radius 1 is 0.886 bits per heavy atom. The van der Waals surface area contributed by atoms with Crippen LogP contribution in [0, 0.1) is 11.3 Å². The van der Waals surface area contributed by atoms with Crippen molar-refractivity contribution in [2.45, 2.75) is 40.5 Å². The Balaban J connectivity index is 1.29. The van der Waals surface area contributed by atoms with E-state index in [0.717, 1.165) is 47.2 Å². The molecule has 1 unspecified atom stereocenters. The summed E-state index contributed by atoms with van der Waals surface area (Å²) in [7, 11) is 0. The summed E-state index contributed by atoms with van der Waals surface area (Å²) in [6, 6.07) is 22.1. The molecule has 0 aromatic heterocycles. The predicted molar refractivity (Wildman–Crippen MR) is 145 cm³/mol. The molecule has 5 heteroatoms. The Labute approximate surface area is 209 Å². The van der Waals surface area contributed by atoms with E-state index in [2.05, 4.69) is 56.1 Å². The topological polar surface area (TPSA) is 52.7 Å². The monoisotopic (exact) mass is 471 g/mol. The molecule has 5 nitrogen and oxygen atoms in total. The van der Waals surface area contributed by atoms with Crippen LogP contribution in [0.25, 0.3) is 10.8 Å². The molecule has 1 heterocycles. The Morgan fingerprint density at radius 3 is 2.20 bits per heavy atom. The summed E-state index contributed by atoms with van der Waals surface area (Å²) in [6.07, 6.45) is 1.56. The number of carbonyl (C=O) groups excluding carboxylic acids is 2. The highest BCUT2D eigenvalue weighted by molar-refractivity contribution is 5.98. The van der Waals surface area contributed by atoms with Crippen molar-refractivity contribution >= 4 is 34.0 Å². The number of hydrogen-bond acceptors (Lipinski definition) is 3. The van der Waals surface area contributed by atoms with Crippen LogP contribution in [-0.2, 0) is 4.79 Å². The van der Waals surface area contributed by atoms with Crippen LogP contribution in [0.5, 0.6) is 0 Å². The maximum atomic E-state index is 13.1. The third-order valence-electron chi connectivity index (χ3n) is 6.57. The zero-order valence-corrected chi connectivity index (χ0v) is 21.4. The number of carbonyl (C=O) groups is 2. The highest BCUT2D eigenvalue weighted by atomic mass is 16.2. The van der Waals surface area contributed by atoms with E-state index in [0.29, 0.717) is 25.4 Å². The molecular weight excluding hydrogens is 434 g/mol. The van der Waals surface area contributed by atoms with Crippen molar-refractivity contribution in [3.63, 3.8) is 0 Å². The maximum Gasteiger partial charge on any atom is 0.253 e. The predicted octanol–water partition coefficient (Wildman–Crippen LogP) is 6.20. The highest BCUT2D eigenvalue weighted by Gasteiger charge is 2.23. The van der Waals surface area contributed by atoms with Gasteiger partial charge in [-0.05, 0) is 64.9 Å². The van der Waals surface area contributed by atoms with Crippen LogP contribution < -0.4 is 10.2 Å². The minimum absolute atomic E-state index is 0.0651. The third-order valence-corrected chi connectivity index (χ3v) is 6.57. The Kier molecular flexibility index (Phi) is 7.44. The fraction of sp³-hybridized carbons (Fsp3) is 0.400. The Hall–Kier alpha value is -3.34. The van der Waals surface area contributed by atoms with Gasteiger partial charge in [-0.25, -0.2) is 0 Å². The standard InChI is InChI=1S/C30H37N3O2/c1-22(21-30(2,3)4)19-28(34)31-26-11-13-27(14-12-26)32-15-17-33(18-16-32)29(35)25-10-9-23-7-5-6-8-24(23)20-25/h5-14,20,22H,15-19,21H2,1-4H3,(H,31,34). The summed E-state index contributed by atoms with van der Waals surface area (Å²) in [4.78, 5) is 29.7. The van der Waals surface area contributed by atoms with E-state index in [1.807, 2.05) is 53.4 Å². The molecule has 0 spiro atoms. The van der Waals surface area contributed by atoms with Crippen LogP contribution in [0.15, 0.2) is 66.7 Å². The number of benzene rings is 3. The molecule has 2 amide bonds. The molecule has 3 aromatic rings. The number of piperazine rings is 1.